The highest BCUT2D eigenvalue weighted by Gasteiger charge is 2.41. The summed E-state index contributed by atoms with van der Waals surface area (Å²) in [5, 5.41) is 0. The summed E-state index contributed by atoms with van der Waals surface area (Å²) in [5.41, 5.74) is 4.31. The minimum absolute atomic E-state index is 0.105. The second-order valence-electron chi connectivity index (χ2n) is 5.15. The van der Waals surface area contributed by atoms with E-state index in [-0.39, 0.29) is 5.91 Å². The largest absolute Gasteiger partial charge is 0.443 e. The summed E-state index contributed by atoms with van der Waals surface area (Å²) >= 11 is 0. The van der Waals surface area contributed by atoms with Gasteiger partial charge in [-0.3, -0.25) is 10.2 Å². The summed E-state index contributed by atoms with van der Waals surface area (Å²) in [6.07, 6.45) is 6.34. The third-order valence-corrected chi connectivity index (χ3v) is 4.16. The van der Waals surface area contributed by atoms with Gasteiger partial charge in [0, 0.05) is 0 Å². The van der Waals surface area contributed by atoms with Crippen molar-refractivity contribution in [3.63, 3.8) is 0 Å². The first-order valence-corrected chi connectivity index (χ1v) is 6.61. The van der Waals surface area contributed by atoms with Gasteiger partial charge in [0.15, 0.2) is 12.0 Å². The maximum Gasteiger partial charge on any atom is 0.244 e. The van der Waals surface area contributed by atoms with E-state index < -0.39 is 5.41 Å². The number of benzene rings is 1. The van der Waals surface area contributed by atoms with Gasteiger partial charge in [-0.05, 0) is 30.5 Å². The highest BCUT2D eigenvalue weighted by atomic mass is 16.3. The lowest BCUT2D eigenvalue weighted by atomic mass is 9.69. The van der Waals surface area contributed by atoms with Crippen LogP contribution in [0.1, 0.15) is 37.7 Å². The molecule has 1 fully saturated rings. The molecule has 0 unspecified atom stereocenters. The van der Waals surface area contributed by atoms with Crippen molar-refractivity contribution >= 4 is 17.0 Å². The molecule has 3 rings (SSSR count). The molecule has 0 aliphatic heterocycles. The van der Waals surface area contributed by atoms with E-state index >= 15 is 0 Å². The molecule has 5 nitrogen and oxygen atoms in total. The monoisotopic (exact) mass is 259 g/mol. The van der Waals surface area contributed by atoms with Crippen LogP contribution in [0.15, 0.2) is 29.0 Å². The number of hydrazine groups is 1. The first-order chi connectivity index (χ1) is 9.26. The van der Waals surface area contributed by atoms with Crippen molar-refractivity contribution in [3.05, 3.63) is 30.2 Å². The number of carbonyl (C=O) groups excluding carboxylic acids is 1. The van der Waals surface area contributed by atoms with Gasteiger partial charge in [0.2, 0.25) is 5.91 Å². The summed E-state index contributed by atoms with van der Waals surface area (Å²) < 4.78 is 5.33. The second kappa shape index (κ2) is 4.66. The molecular weight excluding hydrogens is 242 g/mol. The van der Waals surface area contributed by atoms with E-state index in [1.54, 1.807) is 0 Å². The quantitative estimate of drug-likeness (QED) is 0.491. The molecule has 0 spiro atoms. The van der Waals surface area contributed by atoms with Gasteiger partial charge in [0.1, 0.15) is 5.52 Å². The number of hydrogen-bond acceptors (Lipinski definition) is 4. The molecule has 1 amide bonds. The number of hydrogen-bond donors (Lipinski definition) is 2. The number of fused-ring (bicyclic) bond motifs is 1. The van der Waals surface area contributed by atoms with Crippen LogP contribution < -0.4 is 11.3 Å². The van der Waals surface area contributed by atoms with Crippen molar-refractivity contribution in [2.75, 3.05) is 0 Å². The first kappa shape index (κ1) is 12.2. The molecule has 1 aromatic carbocycles. The number of carbonyl (C=O) groups is 1. The Hall–Kier alpha value is -1.88. The van der Waals surface area contributed by atoms with Gasteiger partial charge >= 0.3 is 0 Å². The molecule has 0 radical (unpaired) electrons. The number of rotatable bonds is 2. The topological polar surface area (TPSA) is 81.1 Å². The fraction of sp³-hybridized carbons (Fsp3) is 0.429. The summed E-state index contributed by atoms with van der Waals surface area (Å²) in [7, 11) is 0. The zero-order valence-corrected chi connectivity index (χ0v) is 10.7. The Morgan fingerprint density at radius 2 is 2.11 bits per heavy atom. The highest BCUT2D eigenvalue weighted by molar-refractivity contribution is 5.89. The van der Waals surface area contributed by atoms with E-state index in [0.717, 1.165) is 36.8 Å². The van der Waals surface area contributed by atoms with Crippen LogP contribution in [0.3, 0.4) is 0 Å². The van der Waals surface area contributed by atoms with Crippen LogP contribution in [0.5, 0.6) is 0 Å². The van der Waals surface area contributed by atoms with Gasteiger partial charge in [-0.15, -0.1) is 0 Å². The molecule has 1 aliphatic rings. The summed E-state index contributed by atoms with van der Waals surface area (Å²) in [4.78, 5) is 16.4. The Morgan fingerprint density at radius 3 is 2.84 bits per heavy atom. The Morgan fingerprint density at radius 1 is 1.32 bits per heavy atom. The SMILES string of the molecule is NNC(=O)C1(c2ccc3ncoc3c2)CCCCC1. The number of oxazole rings is 1. The Labute approximate surface area is 111 Å². The number of aromatic nitrogens is 1. The summed E-state index contributed by atoms with van der Waals surface area (Å²) in [6, 6.07) is 5.78. The number of nitrogens with two attached hydrogens (primary N) is 1. The van der Waals surface area contributed by atoms with Crippen molar-refractivity contribution < 1.29 is 9.21 Å². The fourth-order valence-electron chi connectivity index (χ4n) is 3.09. The van der Waals surface area contributed by atoms with E-state index in [1.807, 2.05) is 18.2 Å². The van der Waals surface area contributed by atoms with E-state index in [1.165, 1.54) is 12.8 Å². The minimum atomic E-state index is -0.520. The second-order valence-corrected chi connectivity index (χ2v) is 5.15. The van der Waals surface area contributed by atoms with Crippen molar-refractivity contribution in [1.82, 2.24) is 10.4 Å². The van der Waals surface area contributed by atoms with Crippen LogP contribution in [0.4, 0.5) is 0 Å². The molecular formula is C14H17N3O2. The Kier molecular flexibility index (Phi) is 2.98. The van der Waals surface area contributed by atoms with Crippen molar-refractivity contribution in [1.29, 1.82) is 0 Å². The van der Waals surface area contributed by atoms with Crippen molar-refractivity contribution in [2.24, 2.45) is 5.84 Å². The molecule has 3 N–H and O–H groups in total. The average molecular weight is 259 g/mol. The third-order valence-electron chi connectivity index (χ3n) is 4.16. The van der Waals surface area contributed by atoms with E-state index in [9.17, 15) is 4.79 Å². The molecule has 19 heavy (non-hydrogen) atoms. The molecule has 1 aliphatic carbocycles. The fourth-order valence-corrected chi connectivity index (χ4v) is 3.09. The van der Waals surface area contributed by atoms with Crippen molar-refractivity contribution in [2.45, 2.75) is 37.5 Å². The first-order valence-electron chi connectivity index (χ1n) is 6.61. The number of nitrogens with one attached hydrogen (secondary N) is 1. The van der Waals surface area contributed by atoms with Crippen LogP contribution in [0, 0.1) is 0 Å². The maximum absolute atomic E-state index is 12.3. The standard InChI is InChI=1S/C14H17N3O2/c15-17-13(18)14(6-2-1-3-7-14)10-4-5-11-12(8-10)19-9-16-11/h4-5,8-9H,1-3,6-7,15H2,(H,17,18). The molecule has 0 atom stereocenters. The minimum Gasteiger partial charge on any atom is -0.443 e. The molecule has 0 saturated heterocycles. The average Bonchev–Trinajstić information content (AvgIpc) is 2.94. The molecule has 1 aromatic heterocycles. The Balaban J connectivity index is 2.09. The lowest BCUT2D eigenvalue weighted by Gasteiger charge is -2.35. The van der Waals surface area contributed by atoms with Crippen LogP contribution in [0.25, 0.3) is 11.1 Å². The van der Waals surface area contributed by atoms with Gasteiger partial charge in [0.25, 0.3) is 0 Å². The zero-order valence-electron chi connectivity index (χ0n) is 10.7. The van der Waals surface area contributed by atoms with Crippen LogP contribution in [-0.4, -0.2) is 10.9 Å². The van der Waals surface area contributed by atoms with Crippen LogP contribution in [0.2, 0.25) is 0 Å². The number of amides is 1. The van der Waals surface area contributed by atoms with Gasteiger partial charge < -0.3 is 4.42 Å². The molecule has 2 aromatic rings. The predicted molar refractivity (Wildman–Crippen MR) is 71.1 cm³/mol. The van der Waals surface area contributed by atoms with Crippen LogP contribution >= 0.6 is 0 Å². The number of nitrogens with zero attached hydrogens (tertiary/aromatic N) is 1. The van der Waals surface area contributed by atoms with E-state index in [4.69, 9.17) is 10.3 Å². The lowest BCUT2D eigenvalue weighted by molar-refractivity contribution is -0.128. The molecule has 100 valence electrons. The van der Waals surface area contributed by atoms with Gasteiger partial charge in [-0.1, -0.05) is 25.3 Å². The summed E-state index contributed by atoms with van der Waals surface area (Å²) in [6.45, 7) is 0. The Bertz CT molecular complexity index is 600. The molecule has 1 heterocycles. The highest BCUT2D eigenvalue weighted by Crippen LogP contribution is 2.40. The maximum atomic E-state index is 12.3. The third kappa shape index (κ3) is 1.90. The van der Waals surface area contributed by atoms with Crippen LogP contribution in [-0.2, 0) is 10.2 Å². The van der Waals surface area contributed by atoms with Crippen molar-refractivity contribution in [3.8, 4) is 0 Å². The molecule has 5 heteroatoms. The van der Waals surface area contributed by atoms with E-state index in [2.05, 4.69) is 10.4 Å². The van der Waals surface area contributed by atoms with Gasteiger partial charge in [-0.25, -0.2) is 10.8 Å². The lowest BCUT2D eigenvalue weighted by Crippen LogP contribution is -2.48. The predicted octanol–water partition coefficient (Wildman–Crippen LogP) is 2.02. The van der Waals surface area contributed by atoms with Gasteiger partial charge in [-0.2, -0.15) is 0 Å². The van der Waals surface area contributed by atoms with Gasteiger partial charge in [0.05, 0.1) is 5.41 Å². The molecule has 0 bridgehead atoms. The van der Waals surface area contributed by atoms with E-state index in [0.29, 0.717) is 5.58 Å². The summed E-state index contributed by atoms with van der Waals surface area (Å²) in [5.74, 6) is 5.28. The normalized spacial score (nSPS) is 18.4. The smallest absolute Gasteiger partial charge is 0.244 e. The zero-order chi connectivity index (χ0) is 13.3. The molecule has 1 saturated carbocycles.